The second-order valence-electron chi connectivity index (χ2n) is 3.29. The predicted octanol–water partition coefficient (Wildman–Crippen LogP) is -2.71. The summed E-state index contributed by atoms with van der Waals surface area (Å²) < 4.78 is 5.16. The summed E-state index contributed by atoms with van der Waals surface area (Å²) in [6.07, 6.45) is 0.285. The standard InChI is InChI=1S/C10H11NO2.ClH/c11-8-6-9(12)13-10(8)7-4-2-1-3-5-7;/h1-5,8,10H,6,11H2;1H/t8-,10-;/m0./s1. The highest BCUT2D eigenvalue weighted by atomic mass is 35.5. The first kappa shape index (κ1) is 11.0. The third kappa shape index (κ3) is 2.05. The number of esters is 1. The number of hydrogen-bond acceptors (Lipinski definition) is 2. The molecule has 0 aliphatic carbocycles. The molecule has 1 aliphatic heterocycles. The average molecular weight is 214 g/mol. The molecule has 76 valence electrons. The van der Waals surface area contributed by atoms with Crippen molar-refractivity contribution in [2.75, 3.05) is 0 Å². The monoisotopic (exact) mass is 213 g/mol. The molecule has 0 unspecified atom stereocenters. The van der Waals surface area contributed by atoms with Gasteiger partial charge in [-0.25, -0.2) is 0 Å². The number of ether oxygens (including phenoxy) is 1. The topological polar surface area (TPSA) is 53.9 Å². The molecule has 3 N–H and O–H groups in total. The molecule has 0 radical (unpaired) electrons. The molecule has 3 nitrogen and oxygen atoms in total. The number of carbonyl (C=O) groups excluding carboxylic acids is 1. The third-order valence-electron chi connectivity index (χ3n) is 2.24. The summed E-state index contributed by atoms with van der Waals surface area (Å²) in [6.45, 7) is 0. The van der Waals surface area contributed by atoms with Gasteiger partial charge in [-0.15, -0.1) is 0 Å². The number of benzene rings is 1. The normalized spacial score (nSPS) is 25.4. The average Bonchev–Trinajstić information content (AvgIpc) is 2.47. The molecular formula is C10H12ClNO2. The zero-order valence-electron chi connectivity index (χ0n) is 7.65. The lowest BCUT2D eigenvalue weighted by Crippen LogP contribution is -3.00. The van der Waals surface area contributed by atoms with Crippen molar-refractivity contribution in [3.8, 4) is 0 Å². The zero-order chi connectivity index (χ0) is 9.26. The van der Waals surface area contributed by atoms with Crippen LogP contribution in [0.1, 0.15) is 18.1 Å². The van der Waals surface area contributed by atoms with Gasteiger partial charge in [0.2, 0.25) is 0 Å². The minimum Gasteiger partial charge on any atom is -1.00 e. The Bertz CT molecular complexity index is 315. The van der Waals surface area contributed by atoms with Gasteiger partial charge in [0, 0.05) is 0 Å². The summed E-state index contributed by atoms with van der Waals surface area (Å²) in [5.74, 6) is -0.145. The first-order valence-electron chi connectivity index (χ1n) is 4.35. The van der Waals surface area contributed by atoms with Crippen LogP contribution in [0.4, 0.5) is 0 Å². The molecule has 1 saturated heterocycles. The van der Waals surface area contributed by atoms with Crippen molar-refractivity contribution in [1.29, 1.82) is 0 Å². The van der Waals surface area contributed by atoms with Gasteiger partial charge in [0.05, 0.1) is 0 Å². The first-order valence-corrected chi connectivity index (χ1v) is 4.35. The van der Waals surface area contributed by atoms with Crippen LogP contribution in [0.2, 0.25) is 0 Å². The summed E-state index contributed by atoms with van der Waals surface area (Å²) in [4.78, 5) is 11.0. The summed E-state index contributed by atoms with van der Waals surface area (Å²) in [7, 11) is 0. The van der Waals surface area contributed by atoms with Crippen LogP contribution in [0.25, 0.3) is 0 Å². The molecular weight excluding hydrogens is 202 g/mol. The molecule has 0 aromatic heterocycles. The second kappa shape index (κ2) is 4.44. The molecule has 2 atom stereocenters. The quantitative estimate of drug-likeness (QED) is 0.516. The first-order chi connectivity index (χ1) is 6.27. The maximum Gasteiger partial charge on any atom is 0.312 e. The van der Waals surface area contributed by atoms with Crippen LogP contribution in [0, 0.1) is 0 Å². The number of carbonyl (C=O) groups is 1. The van der Waals surface area contributed by atoms with Crippen LogP contribution >= 0.6 is 0 Å². The van der Waals surface area contributed by atoms with Gasteiger partial charge in [-0.05, 0) is 5.56 Å². The summed E-state index contributed by atoms with van der Waals surface area (Å²) in [5.41, 5.74) is 4.94. The van der Waals surface area contributed by atoms with Gasteiger partial charge in [0.1, 0.15) is 12.5 Å². The van der Waals surface area contributed by atoms with Gasteiger partial charge in [-0.1, -0.05) is 30.3 Å². The second-order valence-corrected chi connectivity index (χ2v) is 3.29. The lowest BCUT2D eigenvalue weighted by Gasteiger charge is -2.10. The highest BCUT2D eigenvalue weighted by molar-refractivity contribution is 5.72. The minimum absolute atomic E-state index is 0. The van der Waals surface area contributed by atoms with Crippen LogP contribution in [0.5, 0.6) is 0 Å². The van der Waals surface area contributed by atoms with Crippen LogP contribution in [0.15, 0.2) is 30.3 Å². The molecule has 4 heteroatoms. The van der Waals surface area contributed by atoms with Crippen LogP contribution in [-0.2, 0) is 9.53 Å². The molecule has 0 bridgehead atoms. The van der Waals surface area contributed by atoms with Crippen LogP contribution in [0.3, 0.4) is 0 Å². The van der Waals surface area contributed by atoms with E-state index < -0.39 is 0 Å². The lowest BCUT2D eigenvalue weighted by atomic mass is 10.0. The van der Waals surface area contributed by atoms with E-state index in [0.717, 1.165) is 5.56 Å². The molecule has 1 aliphatic rings. The molecule has 14 heavy (non-hydrogen) atoms. The van der Waals surface area contributed by atoms with Gasteiger partial charge in [-0.2, -0.15) is 0 Å². The Morgan fingerprint density at radius 2 is 1.93 bits per heavy atom. The number of halogens is 1. The molecule has 1 fully saturated rings. The van der Waals surface area contributed by atoms with Crippen molar-refractivity contribution in [3.63, 3.8) is 0 Å². The highest BCUT2D eigenvalue weighted by Gasteiger charge is 2.35. The fourth-order valence-corrected chi connectivity index (χ4v) is 1.59. The largest absolute Gasteiger partial charge is 1.00 e. The van der Waals surface area contributed by atoms with Gasteiger partial charge >= 0.3 is 5.97 Å². The SMILES string of the molecule is [Cl-].[NH3+][C@H]1CC(=O)O[C@H]1c1ccccc1. The van der Waals surface area contributed by atoms with E-state index in [-0.39, 0.29) is 30.5 Å². The van der Waals surface area contributed by atoms with E-state index in [0.29, 0.717) is 6.42 Å². The van der Waals surface area contributed by atoms with Crippen molar-refractivity contribution in [2.24, 2.45) is 0 Å². The molecule has 1 heterocycles. The van der Waals surface area contributed by atoms with Gasteiger partial charge < -0.3 is 22.9 Å². The fourth-order valence-electron chi connectivity index (χ4n) is 1.59. The Labute approximate surface area is 88.7 Å². The summed E-state index contributed by atoms with van der Waals surface area (Å²) >= 11 is 0. The van der Waals surface area contributed by atoms with E-state index in [1.54, 1.807) is 0 Å². The Hall–Kier alpha value is -1.06. The Kier molecular flexibility index (Phi) is 3.49. The number of rotatable bonds is 1. The predicted molar refractivity (Wildman–Crippen MR) is 46.6 cm³/mol. The van der Waals surface area contributed by atoms with Crippen molar-refractivity contribution < 1.29 is 27.7 Å². The van der Waals surface area contributed by atoms with Crippen LogP contribution in [-0.4, -0.2) is 12.0 Å². The minimum atomic E-state index is -0.145. The Morgan fingerprint density at radius 1 is 1.29 bits per heavy atom. The van der Waals surface area contributed by atoms with E-state index in [1.165, 1.54) is 0 Å². The molecule has 1 aromatic carbocycles. The lowest BCUT2D eigenvalue weighted by molar-refractivity contribution is -0.428. The number of cyclic esters (lactones) is 1. The van der Waals surface area contributed by atoms with Gasteiger partial charge in [-0.3, -0.25) is 4.79 Å². The van der Waals surface area contributed by atoms with E-state index in [4.69, 9.17) is 4.74 Å². The maximum atomic E-state index is 11.0. The van der Waals surface area contributed by atoms with Gasteiger partial charge in [0.25, 0.3) is 0 Å². The number of quaternary nitrogens is 1. The van der Waals surface area contributed by atoms with Crippen molar-refractivity contribution >= 4 is 5.97 Å². The summed E-state index contributed by atoms with van der Waals surface area (Å²) in [5, 5.41) is 0. The van der Waals surface area contributed by atoms with E-state index >= 15 is 0 Å². The molecule has 0 spiro atoms. The van der Waals surface area contributed by atoms with E-state index in [9.17, 15) is 4.79 Å². The van der Waals surface area contributed by atoms with Crippen molar-refractivity contribution in [1.82, 2.24) is 0 Å². The van der Waals surface area contributed by atoms with Gasteiger partial charge in [0.15, 0.2) is 6.10 Å². The summed E-state index contributed by atoms with van der Waals surface area (Å²) in [6, 6.07) is 9.79. The van der Waals surface area contributed by atoms with E-state index in [2.05, 4.69) is 5.73 Å². The van der Waals surface area contributed by atoms with Crippen molar-refractivity contribution in [3.05, 3.63) is 35.9 Å². The Morgan fingerprint density at radius 3 is 2.43 bits per heavy atom. The Balaban J connectivity index is 0.000000980. The zero-order valence-corrected chi connectivity index (χ0v) is 8.41. The highest BCUT2D eigenvalue weighted by Crippen LogP contribution is 2.26. The number of hydrogen-bond donors (Lipinski definition) is 1. The molecule has 1 aromatic rings. The van der Waals surface area contributed by atoms with Crippen LogP contribution < -0.4 is 18.1 Å². The fraction of sp³-hybridized carbons (Fsp3) is 0.300. The van der Waals surface area contributed by atoms with Crippen molar-refractivity contribution in [2.45, 2.75) is 18.6 Å². The molecule has 0 saturated carbocycles. The molecule has 0 amide bonds. The third-order valence-corrected chi connectivity index (χ3v) is 2.24. The maximum absolute atomic E-state index is 11.0. The van der Waals surface area contributed by atoms with E-state index in [1.807, 2.05) is 30.3 Å². The molecule has 2 rings (SSSR count). The smallest absolute Gasteiger partial charge is 0.312 e.